The van der Waals surface area contributed by atoms with Gasteiger partial charge in [-0.3, -0.25) is 9.59 Å². The van der Waals surface area contributed by atoms with Gasteiger partial charge in [-0.05, 0) is 63.8 Å². The number of hydrogen-bond donors (Lipinski definition) is 2. The molecule has 4 nitrogen and oxygen atoms in total. The molecule has 0 spiro atoms. The van der Waals surface area contributed by atoms with Crippen LogP contribution in [0.25, 0.3) is 0 Å². The minimum Gasteiger partial charge on any atom is -0.384 e. The first-order chi connectivity index (χ1) is 19.6. The molecule has 0 fully saturated rings. The molecule has 2 atom stereocenters. The smallest absolute Gasteiger partial charge is 0.184 e. The van der Waals surface area contributed by atoms with E-state index >= 15 is 0 Å². The highest BCUT2D eigenvalue weighted by atomic mass is 16.3. The van der Waals surface area contributed by atoms with Crippen molar-refractivity contribution < 1.29 is 19.8 Å². The Kier molecular flexibility index (Phi) is 12.8. The highest BCUT2D eigenvalue weighted by Crippen LogP contribution is 2.35. The molecule has 0 aromatic rings. The number of carbonyl (C=O) groups is 2. The maximum atomic E-state index is 12.0. The third-order valence-corrected chi connectivity index (χ3v) is 7.38. The van der Waals surface area contributed by atoms with E-state index in [1.54, 1.807) is 12.2 Å². The van der Waals surface area contributed by atoms with E-state index in [4.69, 9.17) is 0 Å². The predicted octanol–water partition coefficient (Wildman–Crippen LogP) is 8.13. The topological polar surface area (TPSA) is 74.6 Å². The summed E-state index contributed by atoms with van der Waals surface area (Å²) in [6.45, 7) is 15.8. The van der Waals surface area contributed by atoms with Gasteiger partial charge in [-0.25, -0.2) is 0 Å². The van der Waals surface area contributed by atoms with Crippen LogP contribution in [-0.2, 0) is 9.59 Å². The van der Waals surface area contributed by atoms with Crippen molar-refractivity contribution in [2.24, 2.45) is 10.8 Å². The van der Waals surface area contributed by atoms with Crippen molar-refractivity contribution in [3.05, 3.63) is 131 Å². The molecule has 0 aromatic carbocycles. The Morgan fingerprint density at radius 3 is 1.24 bits per heavy atom. The number of aliphatic hydroxyl groups excluding tert-OH is 2. The van der Waals surface area contributed by atoms with Gasteiger partial charge in [0.05, 0.1) is 0 Å². The molecule has 4 heteroatoms. The molecule has 2 N–H and O–H groups in total. The lowest BCUT2D eigenvalue weighted by molar-refractivity contribution is -0.129. The summed E-state index contributed by atoms with van der Waals surface area (Å²) < 4.78 is 0. The quantitative estimate of drug-likeness (QED) is 0.261. The van der Waals surface area contributed by atoms with E-state index in [0.29, 0.717) is 12.8 Å². The fraction of sp³-hybridized carbons (Fsp3) is 0.368. The summed E-state index contributed by atoms with van der Waals surface area (Å²) in [6.07, 6.45) is 30.8. The SMILES string of the molecule is CC(/C=C/C=C(C)/C=C/C1=CC(=O)C(O)C(C)(C)C1)=C\C=C\C=C(C)\C=C\C=C(C)\C=C\C1=CC(=O)C(O)C(C)(C)C1. The standard InChI is InChI=1S/C38H48O4/c1-27(15-11-17-29(3)19-21-31-23-33(39)35(41)37(5,6)25-31)13-9-10-14-28(2)16-12-18-30(4)20-22-32-24-34(40)36(42)38(7,8)26-32/h9-24,35-36,41-42H,25-26H2,1-8H3/b10-9+,15-11+,16-12+,21-19+,22-20+,27-13+,28-14+,29-17+,30-18+. The molecule has 0 aromatic heterocycles. The van der Waals surface area contributed by atoms with Crippen molar-refractivity contribution >= 4 is 11.6 Å². The number of rotatable bonds is 10. The molecule has 42 heavy (non-hydrogen) atoms. The second-order valence-corrected chi connectivity index (χ2v) is 12.8. The van der Waals surface area contributed by atoms with Crippen LogP contribution in [0.3, 0.4) is 0 Å². The second kappa shape index (κ2) is 15.6. The molecule has 224 valence electrons. The van der Waals surface area contributed by atoms with Crippen molar-refractivity contribution in [1.29, 1.82) is 0 Å². The molecule has 0 aliphatic heterocycles. The molecule has 0 radical (unpaired) electrons. The summed E-state index contributed by atoms with van der Waals surface area (Å²) in [5.74, 6) is -0.448. The lowest BCUT2D eigenvalue weighted by Crippen LogP contribution is -2.38. The fourth-order valence-corrected chi connectivity index (χ4v) is 4.67. The van der Waals surface area contributed by atoms with E-state index in [0.717, 1.165) is 33.4 Å². The van der Waals surface area contributed by atoms with Crippen molar-refractivity contribution in [1.82, 2.24) is 0 Å². The number of carbonyl (C=O) groups excluding carboxylic acids is 2. The van der Waals surface area contributed by atoms with Crippen LogP contribution in [0.15, 0.2) is 131 Å². The summed E-state index contributed by atoms with van der Waals surface area (Å²) >= 11 is 0. The first-order valence-corrected chi connectivity index (χ1v) is 14.5. The van der Waals surface area contributed by atoms with Crippen LogP contribution in [-0.4, -0.2) is 34.0 Å². The van der Waals surface area contributed by atoms with Gasteiger partial charge in [0.15, 0.2) is 11.6 Å². The van der Waals surface area contributed by atoms with Crippen molar-refractivity contribution in [2.45, 2.75) is 80.4 Å². The van der Waals surface area contributed by atoms with E-state index < -0.39 is 23.0 Å². The summed E-state index contributed by atoms with van der Waals surface area (Å²) in [7, 11) is 0. The number of aliphatic hydroxyl groups is 2. The van der Waals surface area contributed by atoms with Crippen molar-refractivity contribution in [3.63, 3.8) is 0 Å². The molecule has 0 heterocycles. The van der Waals surface area contributed by atoms with Crippen molar-refractivity contribution in [3.8, 4) is 0 Å². The number of hydrogen-bond acceptors (Lipinski definition) is 4. The van der Waals surface area contributed by atoms with Crippen LogP contribution in [0.5, 0.6) is 0 Å². The maximum absolute atomic E-state index is 12.0. The van der Waals surface area contributed by atoms with Gasteiger partial charge in [-0.1, -0.05) is 135 Å². The van der Waals surface area contributed by atoms with Crippen LogP contribution < -0.4 is 0 Å². The third kappa shape index (κ3) is 11.3. The van der Waals surface area contributed by atoms with E-state index in [-0.39, 0.29) is 11.6 Å². The summed E-state index contributed by atoms with van der Waals surface area (Å²) in [4.78, 5) is 24.0. The van der Waals surface area contributed by atoms with Gasteiger partial charge < -0.3 is 10.2 Å². The molecule has 2 aliphatic carbocycles. The van der Waals surface area contributed by atoms with Gasteiger partial charge in [0.25, 0.3) is 0 Å². The Bertz CT molecular complexity index is 1250. The lowest BCUT2D eigenvalue weighted by Gasteiger charge is -2.32. The Hall–Kier alpha value is -3.60. The molecule has 2 rings (SSSR count). The molecule has 2 unspecified atom stereocenters. The minimum absolute atomic E-state index is 0.224. The lowest BCUT2D eigenvalue weighted by atomic mass is 9.74. The van der Waals surface area contributed by atoms with Gasteiger partial charge in [0.2, 0.25) is 0 Å². The highest BCUT2D eigenvalue weighted by Gasteiger charge is 2.37. The van der Waals surface area contributed by atoms with Crippen LogP contribution in [0, 0.1) is 10.8 Å². The van der Waals surface area contributed by atoms with Gasteiger partial charge in [-0.2, -0.15) is 0 Å². The molecule has 0 bridgehead atoms. The predicted molar refractivity (Wildman–Crippen MR) is 176 cm³/mol. The Labute approximate surface area is 253 Å². The van der Waals surface area contributed by atoms with Crippen LogP contribution in [0.4, 0.5) is 0 Å². The molecule has 0 saturated heterocycles. The average Bonchev–Trinajstić information content (AvgIpc) is 2.90. The fourth-order valence-electron chi connectivity index (χ4n) is 4.67. The summed E-state index contributed by atoms with van der Waals surface area (Å²) in [5, 5.41) is 20.1. The Morgan fingerprint density at radius 1 is 0.595 bits per heavy atom. The van der Waals surface area contributed by atoms with E-state index in [2.05, 4.69) is 12.2 Å². The number of allylic oxidation sites excluding steroid dienone is 20. The van der Waals surface area contributed by atoms with Gasteiger partial charge >= 0.3 is 0 Å². The monoisotopic (exact) mass is 568 g/mol. The zero-order valence-electron chi connectivity index (χ0n) is 26.5. The van der Waals surface area contributed by atoms with E-state index in [1.165, 1.54) is 0 Å². The van der Waals surface area contributed by atoms with E-state index in [9.17, 15) is 19.8 Å². The minimum atomic E-state index is -0.931. The van der Waals surface area contributed by atoms with Crippen LogP contribution >= 0.6 is 0 Å². The summed E-state index contributed by atoms with van der Waals surface area (Å²) in [6, 6.07) is 0. The average molecular weight is 569 g/mol. The molecular formula is C38H48O4. The third-order valence-electron chi connectivity index (χ3n) is 7.38. The van der Waals surface area contributed by atoms with Crippen LogP contribution in [0.1, 0.15) is 68.2 Å². The maximum Gasteiger partial charge on any atom is 0.184 e. The zero-order chi connectivity index (χ0) is 31.5. The van der Waals surface area contributed by atoms with Gasteiger partial charge in [0, 0.05) is 10.8 Å². The molecular weight excluding hydrogens is 520 g/mol. The van der Waals surface area contributed by atoms with Crippen molar-refractivity contribution in [2.75, 3.05) is 0 Å². The van der Waals surface area contributed by atoms with Gasteiger partial charge in [-0.15, -0.1) is 0 Å². The first-order valence-electron chi connectivity index (χ1n) is 14.5. The van der Waals surface area contributed by atoms with Gasteiger partial charge in [0.1, 0.15) is 12.2 Å². The van der Waals surface area contributed by atoms with E-state index in [1.807, 2.05) is 128 Å². The largest absolute Gasteiger partial charge is 0.384 e. The molecule has 0 saturated carbocycles. The Balaban J connectivity index is 1.86. The highest BCUT2D eigenvalue weighted by molar-refractivity contribution is 5.96. The molecule has 2 aliphatic rings. The molecule has 0 amide bonds. The Morgan fingerprint density at radius 2 is 0.905 bits per heavy atom. The first kappa shape index (κ1) is 34.6. The van der Waals surface area contributed by atoms with Crippen LogP contribution in [0.2, 0.25) is 0 Å². The summed E-state index contributed by atoms with van der Waals surface area (Å²) in [5.41, 5.74) is 5.36. The normalized spacial score (nSPS) is 24.6. The number of ketones is 2. The zero-order valence-corrected chi connectivity index (χ0v) is 26.5. The second-order valence-electron chi connectivity index (χ2n) is 12.8.